The van der Waals surface area contributed by atoms with Crippen LogP contribution < -0.4 is 21.3 Å². The molecule has 0 aromatic rings. The summed E-state index contributed by atoms with van der Waals surface area (Å²) < 4.78 is 17.1. The van der Waals surface area contributed by atoms with E-state index in [4.69, 9.17) is 14.2 Å². The van der Waals surface area contributed by atoms with Gasteiger partial charge in [-0.25, -0.2) is 4.79 Å². The summed E-state index contributed by atoms with van der Waals surface area (Å²) in [6.07, 6.45) is 9.42. The van der Waals surface area contributed by atoms with Gasteiger partial charge in [0.25, 0.3) is 0 Å². The van der Waals surface area contributed by atoms with Crippen LogP contribution in [-0.2, 0) is 23.8 Å². The Morgan fingerprint density at radius 2 is 1.43 bits per heavy atom. The van der Waals surface area contributed by atoms with E-state index in [-0.39, 0.29) is 36.7 Å². The molecular weight excluding hydrogens is 600 g/mol. The fraction of sp³-hybridized carbons (Fsp3) is 0.914. The number of nitrogens with zero attached hydrogens (tertiary/aromatic N) is 2. The lowest BCUT2D eigenvalue weighted by Gasteiger charge is -2.40. The molecule has 0 bridgehead atoms. The first-order valence-electron chi connectivity index (χ1n) is 18.3. The number of rotatable bonds is 10. The third-order valence-electron chi connectivity index (χ3n) is 9.88. The van der Waals surface area contributed by atoms with Crippen LogP contribution in [0.15, 0.2) is 0 Å². The molecule has 0 aromatic carbocycles. The number of nitrogens with one attached hydrogen (secondary N) is 4. The molecule has 2 amide bonds. The fourth-order valence-electron chi connectivity index (χ4n) is 7.35. The van der Waals surface area contributed by atoms with Crippen molar-refractivity contribution in [2.24, 2.45) is 17.8 Å². The number of esters is 1. The van der Waals surface area contributed by atoms with Crippen LogP contribution in [-0.4, -0.2) is 116 Å². The number of ether oxygens (including phenoxy) is 3. The Morgan fingerprint density at radius 1 is 0.766 bits per heavy atom. The minimum absolute atomic E-state index is 0.0159. The van der Waals surface area contributed by atoms with Crippen molar-refractivity contribution in [3.05, 3.63) is 0 Å². The maximum absolute atomic E-state index is 12.6. The van der Waals surface area contributed by atoms with E-state index in [9.17, 15) is 14.4 Å². The van der Waals surface area contributed by atoms with E-state index >= 15 is 0 Å². The molecule has 4 aliphatic rings. The third kappa shape index (κ3) is 13.4. The molecule has 12 heteroatoms. The Labute approximate surface area is 283 Å². The summed E-state index contributed by atoms with van der Waals surface area (Å²) in [7, 11) is 0. The first kappa shape index (κ1) is 37.8. The molecule has 0 radical (unpaired) electrons. The molecule has 0 atom stereocenters. The summed E-state index contributed by atoms with van der Waals surface area (Å²) in [5.74, 6) is 0.741. The molecule has 4 N–H and O–H groups in total. The number of hydrogen-bond donors (Lipinski definition) is 4. The zero-order valence-corrected chi connectivity index (χ0v) is 30.0. The summed E-state index contributed by atoms with van der Waals surface area (Å²) in [5.41, 5.74) is -1.01. The van der Waals surface area contributed by atoms with Gasteiger partial charge in [-0.1, -0.05) is 0 Å². The predicted octanol–water partition coefficient (Wildman–Crippen LogP) is 3.20. The van der Waals surface area contributed by atoms with Gasteiger partial charge in [-0.05, 0) is 118 Å². The van der Waals surface area contributed by atoms with Crippen LogP contribution in [0.4, 0.5) is 4.79 Å². The van der Waals surface area contributed by atoms with Crippen molar-refractivity contribution in [1.29, 1.82) is 0 Å². The second kappa shape index (κ2) is 17.6. The summed E-state index contributed by atoms with van der Waals surface area (Å²) >= 11 is 0. The lowest BCUT2D eigenvalue weighted by molar-refractivity contribution is -0.154. The van der Waals surface area contributed by atoms with Gasteiger partial charge in [0.15, 0.2) is 0 Å². The van der Waals surface area contributed by atoms with E-state index in [1.54, 1.807) is 0 Å². The molecule has 4 rings (SSSR count). The molecule has 0 unspecified atom stereocenters. The van der Waals surface area contributed by atoms with Crippen LogP contribution in [0.25, 0.3) is 0 Å². The topological polar surface area (TPSA) is 133 Å². The maximum Gasteiger partial charge on any atom is 0.410 e. The zero-order valence-electron chi connectivity index (χ0n) is 30.0. The highest BCUT2D eigenvalue weighted by Gasteiger charge is 2.34. The molecule has 47 heavy (non-hydrogen) atoms. The highest BCUT2D eigenvalue weighted by Crippen LogP contribution is 2.34. The third-order valence-corrected chi connectivity index (χ3v) is 9.88. The Balaban J connectivity index is 1.03. The maximum atomic E-state index is 12.6. The van der Waals surface area contributed by atoms with Gasteiger partial charge < -0.3 is 24.4 Å². The average Bonchev–Trinajstić information content (AvgIpc) is 3.26. The van der Waals surface area contributed by atoms with Crippen LogP contribution in [0.5, 0.6) is 0 Å². The van der Waals surface area contributed by atoms with Gasteiger partial charge >= 0.3 is 12.1 Å². The Bertz CT molecular complexity index is 991. The minimum atomic E-state index is -0.545. The Kier molecular flexibility index (Phi) is 14.2. The normalized spacial score (nSPS) is 29.9. The molecule has 4 fully saturated rings. The van der Waals surface area contributed by atoms with Gasteiger partial charge in [0.05, 0.1) is 12.7 Å². The first-order valence-corrected chi connectivity index (χ1v) is 18.3. The zero-order chi connectivity index (χ0) is 34.0. The van der Waals surface area contributed by atoms with Crippen LogP contribution in [0, 0.1) is 17.8 Å². The molecule has 0 spiro atoms. The SMILES string of the molecule is CC(C)(C)OC(=O)CNC(=O)C1CCC(C2CNC(NC3CCC(OCCN4CCCN(C(=O)OC(C)(C)C)CC4)CC3)NC2)CC1. The molecule has 270 valence electrons. The molecule has 12 nitrogen and oxygen atoms in total. The van der Waals surface area contributed by atoms with Gasteiger partial charge in [0.1, 0.15) is 24.0 Å². The summed E-state index contributed by atoms with van der Waals surface area (Å²) in [6.45, 7) is 18.0. The highest BCUT2D eigenvalue weighted by molar-refractivity contribution is 5.83. The Morgan fingerprint density at radius 3 is 2.06 bits per heavy atom. The lowest BCUT2D eigenvalue weighted by Crippen LogP contribution is -2.63. The lowest BCUT2D eigenvalue weighted by atomic mass is 9.75. The fourth-order valence-corrected chi connectivity index (χ4v) is 7.35. The van der Waals surface area contributed by atoms with Crippen molar-refractivity contribution in [3.63, 3.8) is 0 Å². The van der Waals surface area contributed by atoms with Crippen LogP contribution in [0.1, 0.15) is 99.3 Å². The first-order chi connectivity index (χ1) is 22.2. The average molecular weight is 665 g/mol. The highest BCUT2D eigenvalue weighted by atomic mass is 16.6. The van der Waals surface area contributed by atoms with Crippen LogP contribution in [0.3, 0.4) is 0 Å². The second-order valence-electron chi connectivity index (χ2n) is 16.1. The van der Waals surface area contributed by atoms with E-state index in [0.717, 1.165) is 104 Å². The van der Waals surface area contributed by atoms with E-state index < -0.39 is 11.2 Å². The van der Waals surface area contributed by atoms with E-state index in [2.05, 4.69) is 26.2 Å². The van der Waals surface area contributed by atoms with Gasteiger partial charge in [-0.2, -0.15) is 0 Å². The van der Waals surface area contributed by atoms with Crippen molar-refractivity contribution in [2.45, 2.75) is 129 Å². The molecular formula is C35H64N6O6. The van der Waals surface area contributed by atoms with Gasteiger partial charge in [-0.15, -0.1) is 0 Å². The smallest absolute Gasteiger partial charge is 0.410 e. The second-order valence-corrected chi connectivity index (χ2v) is 16.1. The summed E-state index contributed by atoms with van der Waals surface area (Å²) in [6, 6.07) is 0.482. The molecule has 2 aliphatic heterocycles. The molecule has 2 saturated carbocycles. The molecule has 2 saturated heterocycles. The number of carbonyl (C=O) groups is 3. The van der Waals surface area contributed by atoms with E-state index in [0.29, 0.717) is 30.5 Å². The number of carbonyl (C=O) groups excluding carboxylic acids is 3. The minimum Gasteiger partial charge on any atom is -0.459 e. The van der Waals surface area contributed by atoms with Gasteiger partial charge in [0, 0.05) is 51.2 Å². The number of hydrogen-bond acceptors (Lipinski definition) is 10. The standard InChI is InChI=1S/C35H64N6O6/c1-34(2,3)46-30(42)24-36-31(43)26-10-8-25(9-11-26)27-22-37-32(38-23-27)39-28-12-14-29(15-13-28)45-21-20-40-16-7-17-41(19-18-40)33(44)47-35(4,5)6/h25-29,32,37-39H,7-24H2,1-6H3,(H,36,43). The quantitative estimate of drug-likeness (QED) is 0.258. The molecule has 0 aromatic heterocycles. The predicted molar refractivity (Wildman–Crippen MR) is 182 cm³/mol. The van der Waals surface area contributed by atoms with Crippen LogP contribution >= 0.6 is 0 Å². The van der Waals surface area contributed by atoms with Crippen molar-refractivity contribution in [2.75, 3.05) is 59.0 Å². The van der Waals surface area contributed by atoms with E-state index in [1.165, 1.54) is 0 Å². The van der Waals surface area contributed by atoms with Crippen molar-refractivity contribution < 1.29 is 28.6 Å². The van der Waals surface area contributed by atoms with Crippen molar-refractivity contribution >= 4 is 18.0 Å². The monoisotopic (exact) mass is 664 g/mol. The summed E-state index contributed by atoms with van der Waals surface area (Å²) in [4.78, 5) is 41.2. The molecule has 2 heterocycles. The largest absolute Gasteiger partial charge is 0.459 e. The van der Waals surface area contributed by atoms with E-state index in [1.807, 2.05) is 46.4 Å². The van der Waals surface area contributed by atoms with Crippen LogP contribution in [0.2, 0.25) is 0 Å². The van der Waals surface area contributed by atoms with Gasteiger partial charge in [0.2, 0.25) is 5.91 Å². The summed E-state index contributed by atoms with van der Waals surface area (Å²) in [5, 5.41) is 13.9. The van der Waals surface area contributed by atoms with Crippen molar-refractivity contribution in [1.82, 2.24) is 31.1 Å². The van der Waals surface area contributed by atoms with Crippen molar-refractivity contribution in [3.8, 4) is 0 Å². The van der Waals surface area contributed by atoms with Gasteiger partial charge in [-0.3, -0.25) is 30.4 Å². The molecule has 2 aliphatic carbocycles. The number of amides is 2. The Hall–Kier alpha value is -1.99.